The molecule has 0 aromatic carbocycles. The molecule has 0 aromatic heterocycles. The minimum absolute atomic E-state index is 0. The number of rotatable bonds is 0. The molecule has 0 unspecified atom stereocenters. The Balaban J connectivity index is -0.0000000383. The molecule has 0 N–H and O–H groups in total. The van der Waals surface area contributed by atoms with Crippen LogP contribution in [0.15, 0.2) is 0 Å². The maximum atomic E-state index is 8.52. The molecule has 0 heterocycles. The van der Waals surface area contributed by atoms with Gasteiger partial charge in [0.2, 0.25) is 0 Å². The molecule has 0 aliphatic heterocycles. The zero-order valence-electron chi connectivity index (χ0n) is 4.47. The van der Waals surface area contributed by atoms with E-state index in [9.17, 15) is 0 Å². The van der Waals surface area contributed by atoms with Crippen LogP contribution in [0, 0.1) is 15.3 Å². The van der Waals surface area contributed by atoms with Crippen molar-refractivity contribution >= 4 is 10.4 Å². The van der Waals surface area contributed by atoms with Crippen molar-refractivity contribution in [2.75, 3.05) is 0 Å². The van der Waals surface area contributed by atoms with Gasteiger partial charge in [-0.15, -0.1) is 0 Å². The second-order valence-electron chi connectivity index (χ2n) is 0.632. The van der Waals surface area contributed by atoms with Gasteiger partial charge in [-0.3, -0.25) is 8.42 Å². The van der Waals surface area contributed by atoms with Crippen LogP contribution in [0.3, 0.4) is 0 Å². The van der Waals surface area contributed by atoms with Crippen LogP contribution in [-0.2, 0) is 10.4 Å². The highest BCUT2D eigenvalue weighted by atomic mass is 35.5. The Morgan fingerprint density at radius 1 is 1.00 bits per heavy atom. The van der Waals surface area contributed by atoms with Gasteiger partial charge in [0.25, 0.3) is 0 Å². The lowest BCUT2D eigenvalue weighted by atomic mass is 13.1. The minimum Gasteiger partial charge on any atom is -1.00 e. The molecular weight excluding hydrogens is 229 g/mol. The summed E-state index contributed by atoms with van der Waals surface area (Å²) >= 11 is 0. The van der Waals surface area contributed by atoms with Crippen LogP contribution in [0.25, 0.3) is 0 Å². The third-order valence-electron chi connectivity index (χ3n) is 0. The first kappa shape index (κ1) is 22.4. The van der Waals surface area contributed by atoms with Crippen LogP contribution >= 0.6 is 0 Å². The molecule has 0 atom stereocenters. The standard InChI is InChI=1S/2ClH.NO3.H2O4S/c;;2-1(3)4;1-5(2,3)4/h2*1H;;(H2,1,2,3,4)/q;;-1;/p-4. The van der Waals surface area contributed by atoms with Crippen molar-refractivity contribution in [2.45, 2.75) is 0 Å². The van der Waals surface area contributed by atoms with Crippen LogP contribution in [0.4, 0.5) is 0 Å². The summed E-state index contributed by atoms with van der Waals surface area (Å²) in [6.45, 7) is 0. The molecule has 0 amide bonds. The molecule has 11 heteroatoms. The quantitative estimate of drug-likeness (QED) is 0.173. The highest BCUT2D eigenvalue weighted by Gasteiger charge is 1.49. The molecule has 0 rings (SSSR count). The highest BCUT2D eigenvalue weighted by molar-refractivity contribution is 7.79. The van der Waals surface area contributed by atoms with E-state index in [1.165, 1.54) is 0 Å². The molecule has 0 aliphatic rings. The molecule has 11 heavy (non-hydrogen) atoms. The van der Waals surface area contributed by atoms with E-state index in [0.717, 1.165) is 0 Å². The van der Waals surface area contributed by atoms with Gasteiger partial charge >= 0.3 is 0 Å². The second-order valence-corrected chi connectivity index (χ2v) is 1.45. The van der Waals surface area contributed by atoms with E-state index < -0.39 is 15.5 Å². The average molecular weight is 229 g/mol. The topological polar surface area (TPSA) is 146 Å². The lowest BCUT2D eigenvalue weighted by Gasteiger charge is -2.06. The number of hydrogen-bond acceptors (Lipinski definition) is 7. The molecule has 0 spiro atoms. The van der Waals surface area contributed by atoms with Gasteiger partial charge in [-0.25, -0.2) is 0 Å². The predicted molar refractivity (Wildman–Crippen MR) is 20.8 cm³/mol. The Morgan fingerprint density at radius 2 is 1.00 bits per heavy atom. The molecule has 0 saturated heterocycles. The molecule has 0 aromatic rings. The fraction of sp³-hybridized carbons (Fsp3) is 0. The van der Waals surface area contributed by atoms with Gasteiger partial charge in [-0.2, -0.15) is 0 Å². The van der Waals surface area contributed by atoms with Crippen molar-refractivity contribution in [1.29, 1.82) is 0 Å². The van der Waals surface area contributed by atoms with Gasteiger partial charge < -0.3 is 49.2 Å². The van der Waals surface area contributed by atoms with Gasteiger partial charge in [-0.05, 0) is 0 Å². The Hall–Kier alpha value is -0.350. The maximum Gasteiger partial charge on any atom is 0.0689 e. The molecule has 0 bridgehead atoms. The van der Waals surface area contributed by atoms with Gasteiger partial charge in [0.1, 0.15) is 0 Å². The van der Waals surface area contributed by atoms with E-state index in [0.29, 0.717) is 0 Å². The highest BCUT2D eigenvalue weighted by Crippen LogP contribution is 1.57. The Morgan fingerprint density at radius 3 is 1.00 bits per heavy atom. The van der Waals surface area contributed by atoms with Crippen LogP contribution in [-0.4, -0.2) is 22.6 Å². The summed E-state index contributed by atoms with van der Waals surface area (Å²) in [5, 5.41) is 14.8. The van der Waals surface area contributed by atoms with Gasteiger partial charge in [0.15, 0.2) is 0 Å². The number of halogens is 2. The maximum absolute atomic E-state index is 8.52. The molecule has 0 radical (unpaired) electrons. The van der Waals surface area contributed by atoms with E-state index in [2.05, 4.69) is 0 Å². The summed E-state index contributed by atoms with van der Waals surface area (Å²) in [4.78, 5) is 8.25. The third kappa shape index (κ3) is 4610. The first-order valence-corrected chi connectivity index (χ1v) is 2.55. The van der Waals surface area contributed by atoms with Gasteiger partial charge in [0.05, 0.1) is 5.09 Å². The van der Waals surface area contributed by atoms with Crippen LogP contribution < -0.4 is 24.8 Å². The SMILES string of the molecule is O=S(=O)([O-])[O-].O=[N+]([O-])[O-].[Cl-].[Cl-]. The average Bonchev–Trinajstić information content (AvgIpc) is 1.19. The summed E-state index contributed by atoms with van der Waals surface area (Å²) in [7, 11) is -5.17. The molecular formula is Cl2NO7S-5. The fourth-order valence-corrected chi connectivity index (χ4v) is 0. The van der Waals surface area contributed by atoms with E-state index in [4.69, 9.17) is 32.8 Å². The first-order chi connectivity index (χ1) is 3.73. The second kappa shape index (κ2) is 9.65. The van der Waals surface area contributed by atoms with Crippen molar-refractivity contribution in [3.63, 3.8) is 0 Å². The Bertz CT molecular complexity index is 159. The van der Waals surface area contributed by atoms with E-state index >= 15 is 0 Å². The van der Waals surface area contributed by atoms with E-state index in [1.807, 2.05) is 0 Å². The number of nitrogens with zero attached hydrogens (tertiary/aromatic N) is 1. The van der Waals surface area contributed by atoms with Crippen LogP contribution in [0.1, 0.15) is 0 Å². The fourth-order valence-electron chi connectivity index (χ4n) is 0. The summed E-state index contributed by atoms with van der Waals surface area (Å²) in [6.07, 6.45) is 0. The minimum atomic E-state index is -5.17. The van der Waals surface area contributed by atoms with Crippen molar-refractivity contribution in [2.24, 2.45) is 0 Å². The first-order valence-electron chi connectivity index (χ1n) is 1.21. The number of hydrogen-bond donors (Lipinski definition) is 0. The normalized spacial score (nSPS) is 7.45. The van der Waals surface area contributed by atoms with Gasteiger partial charge in [0, 0.05) is 10.4 Å². The van der Waals surface area contributed by atoms with Crippen molar-refractivity contribution in [3.05, 3.63) is 15.3 Å². The molecule has 0 aliphatic carbocycles. The summed E-state index contributed by atoms with van der Waals surface area (Å²) in [5.74, 6) is 0. The summed E-state index contributed by atoms with van der Waals surface area (Å²) < 4.78 is 34.1. The molecule has 0 saturated carbocycles. The zero-order valence-corrected chi connectivity index (χ0v) is 6.80. The van der Waals surface area contributed by atoms with Crippen molar-refractivity contribution in [3.8, 4) is 0 Å². The molecule has 72 valence electrons. The van der Waals surface area contributed by atoms with Crippen LogP contribution in [0.5, 0.6) is 0 Å². The monoisotopic (exact) mass is 228 g/mol. The lowest BCUT2D eigenvalue weighted by Crippen LogP contribution is -3.00. The van der Waals surface area contributed by atoms with E-state index in [1.54, 1.807) is 0 Å². The molecule has 8 nitrogen and oxygen atoms in total. The van der Waals surface area contributed by atoms with Gasteiger partial charge in [-0.1, -0.05) is 0 Å². The molecule has 0 fully saturated rings. The third-order valence-corrected chi connectivity index (χ3v) is 0. The summed E-state index contributed by atoms with van der Waals surface area (Å²) in [6, 6.07) is 0. The largest absolute Gasteiger partial charge is 1.00 e. The smallest absolute Gasteiger partial charge is 0.0689 e. The Kier molecular flexibility index (Phi) is 19.7. The summed E-state index contributed by atoms with van der Waals surface area (Å²) in [5.41, 5.74) is 0. The van der Waals surface area contributed by atoms with Crippen molar-refractivity contribution in [1.82, 2.24) is 0 Å². The van der Waals surface area contributed by atoms with Crippen molar-refractivity contribution < 1.29 is 47.4 Å². The van der Waals surface area contributed by atoms with Crippen LogP contribution in [0.2, 0.25) is 0 Å². The zero-order chi connectivity index (χ0) is 8.08. The van der Waals surface area contributed by atoms with E-state index in [-0.39, 0.29) is 24.8 Å². The lowest BCUT2D eigenvalue weighted by molar-refractivity contribution is -0.402. The Labute approximate surface area is 73.7 Å². The predicted octanol–water partition coefficient (Wildman–Crippen LogP) is -7.57.